The number of quaternary nitrogens is 1. The van der Waals surface area contributed by atoms with Crippen molar-refractivity contribution in [1.29, 1.82) is 0 Å². The largest absolute Gasteiger partial charge is 0.337 e. The highest BCUT2D eigenvalue weighted by molar-refractivity contribution is 4.51. The van der Waals surface area contributed by atoms with Crippen LogP contribution >= 0.6 is 0 Å². The molecule has 0 aliphatic heterocycles. The Bertz CT molecular complexity index is 307. The molecule has 0 aliphatic rings. The molecule has 0 amide bonds. The highest BCUT2D eigenvalue weighted by Crippen LogP contribution is 2.14. The van der Waals surface area contributed by atoms with Crippen LogP contribution in [-0.4, -0.2) is 20.1 Å². The number of rotatable bonds is 30. The lowest BCUT2D eigenvalue weighted by Gasteiger charge is -2.13. The zero-order chi connectivity index (χ0) is 24.8. The predicted molar refractivity (Wildman–Crippen MR) is 157 cm³/mol. The minimum Gasteiger partial charge on any atom is -0.337 e. The molecular formula is C33H70N+. The van der Waals surface area contributed by atoms with E-state index in [1.54, 1.807) is 4.90 Å². The normalized spacial score (nSPS) is 11.6. The van der Waals surface area contributed by atoms with Gasteiger partial charge in [0.15, 0.2) is 0 Å². The summed E-state index contributed by atoms with van der Waals surface area (Å²) in [6.45, 7) is 7.41. The number of hydrogen-bond acceptors (Lipinski definition) is 0. The highest BCUT2D eigenvalue weighted by atomic mass is 15.1. The van der Waals surface area contributed by atoms with Gasteiger partial charge in [-0.15, -0.1) is 0 Å². The van der Waals surface area contributed by atoms with Crippen molar-refractivity contribution in [2.75, 3.05) is 20.1 Å². The van der Waals surface area contributed by atoms with Gasteiger partial charge >= 0.3 is 0 Å². The maximum Gasteiger partial charge on any atom is 0.0768 e. The Hall–Kier alpha value is -0.0400. The third-order valence-electron chi connectivity index (χ3n) is 7.91. The summed E-state index contributed by atoms with van der Waals surface area (Å²) in [5.41, 5.74) is 0. The molecule has 0 spiro atoms. The van der Waals surface area contributed by atoms with Gasteiger partial charge in [0.2, 0.25) is 0 Å². The monoisotopic (exact) mass is 481 g/mol. The Morgan fingerprint density at radius 2 is 0.441 bits per heavy atom. The lowest BCUT2D eigenvalue weighted by Crippen LogP contribution is -3.09. The van der Waals surface area contributed by atoms with E-state index in [1.807, 2.05) is 0 Å². The second-order valence-corrected chi connectivity index (χ2v) is 11.6. The third kappa shape index (κ3) is 30.0. The molecule has 0 aromatic carbocycles. The lowest BCUT2D eigenvalue weighted by molar-refractivity contribution is -0.880. The molecule has 0 atom stereocenters. The molecular weight excluding hydrogens is 410 g/mol. The van der Waals surface area contributed by atoms with Crippen LogP contribution in [0.15, 0.2) is 0 Å². The van der Waals surface area contributed by atoms with Crippen LogP contribution < -0.4 is 4.90 Å². The molecule has 0 aromatic rings. The van der Waals surface area contributed by atoms with Gasteiger partial charge in [-0.3, -0.25) is 0 Å². The summed E-state index contributed by atoms with van der Waals surface area (Å²) in [4.78, 5) is 1.78. The molecule has 0 saturated heterocycles. The van der Waals surface area contributed by atoms with Crippen LogP contribution in [0, 0.1) is 0 Å². The molecule has 1 nitrogen and oxygen atoms in total. The molecule has 0 fully saturated rings. The summed E-state index contributed by atoms with van der Waals surface area (Å²) < 4.78 is 0. The van der Waals surface area contributed by atoms with Crippen molar-refractivity contribution < 1.29 is 4.90 Å². The Morgan fingerprint density at radius 3 is 0.647 bits per heavy atom. The molecule has 0 radical (unpaired) electrons. The van der Waals surface area contributed by atoms with Gasteiger partial charge in [0.05, 0.1) is 20.1 Å². The van der Waals surface area contributed by atoms with Crippen LogP contribution in [0.5, 0.6) is 0 Å². The fraction of sp³-hybridized carbons (Fsp3) is 1.00. The third-order valence-corrected chi connectivity index (χ3v) is 7.91. The predicted octanol–water partition coefficient (Wildman–Crippen LogP) is 10.5. The molecule has 0 heterocycles. The van der Waals surface area contributed by atoms with Gasteiger partial charge in [-0.05, 0) is 25.7 Å². The SMILES string of the molecule is CCCCCCCCCCCCCCCC[NH+](C)CCCCCCCCCCCCCCCC. The first-order valence-corrected chi connectivity index (χ1v) is 16.6. The van der Waals surface area contributed by atoms with E-state index >= 15 is 0 Å². The molecule has 0 bridgehead atoms. The number of hydrogen-bond donors (Lipinski definition) is 1. The molecule has 0 aliphatic carbocycles. The van der Waals surface area contributed by atoms with E-state index < -0.39 is 0 Å². The molecule has 206 valence electrons. The summed E-state index contributed by atoms with van der Waals surface area (Å²) in [6, 6.07) is 0. The zero-order valence-corrected chi connectivity index (χ0v) is 24.7. The summed E-state index contributed by atoms with van der Waals surface area (Å²) in [7, 11) is 2.42. The molecule has 0 saturated carbocycles. The van der Waals surface area contributed by atoms with Crippen LogP contribution in [0.25, 0.3) is 0 Å². The Balaban J connectivity index is 3.13. The molecule has 34 heavy (non-hydrogen) atoms. The summed E-state index contributed by atoms with van der Waals surface area (Å²) >= 11 is 0. The Morgan fingerprint density at radius 1 is 0.265 bits per heavy atom. The molecule has 1 N–H and O–H groups in total. The molecule has 0 unspecified atom stereocenters. The van der Waals surface area contributed by atoms with Crippen molar-refractivity contribution in [2.45, 2.75) is 194 Å². The molecule has 1 heteroatoms. The average molecular weight is 481 g/mol. The number of unbranched alkanes of at least 4 members (excludes halogenated alkanes) is 26. The topological polar surface area (TPSA) is 4.44 Å². The minimum absolute atomic E-state index is 1.37. The van der Waals surface area contributed by atoms with Gasteiger partial charge in [-0.25, -0.2) is 0 Å². The van der Waals surface area contributed by atoms with E-state index in [1.165, 1.54) is 193 Å². The van der Waals surface area contributed by atoms with E-state index in [9.17, 15) is 0 Å². The van der Waals surface area contributed by atoms with E-state index in [2.05, 4.69) is 20.9 Å². The van der Waals surface area contributed by atoms with Gasteiger partial charge < -0.3 is 4.90 Å². The second-order valence-electron chi connectivity index (χ2n) is 11.6. The first-order valence-electron chi connectivity index (χ1n) is 16.6. The van der Waals surface area contributed by atoms with Gasteiger partial charge in [0.25, 0.3) is 0 Å². The van der Waals surface area contributed by atoms with Gasteiger partial charge in [-0.2, -0.15) is 0 Å². The van der Waals surface area contributed by atoms with Crippen molar-refractivity contribution in [3.05, 3.63) is 0 Å². The van der Waals surface area contributed by atoms with E-state index in [-0.39, 0.29) is 0 Å². The van der Waals surface area contributed by atoms with Crippen molar-refractivity contribution in [3.63, 3.8) is 0 Å². The van der Waals surface area contributed by atoms with E-state index in [0.29, 0.717) is 0 Å². The maximum atomic E-state index is 2.42. The standard InChI is InChI=1S/C33H69N/c1-4-6-8-10-12-14-16-18-20-22-24-26-28-30-32-34(3)33-31-29-27-25-23-21-19-17-15-13-11-9-7-5-2/h4-33H2,1-3H3/p+1. The summed E-state index contributed by atoms with van der Waals surface area (Å²) in [5.74, 6) is 0. The van der Waals surface area contributed by atoms with Crippen LogP contribution in [0.3, 0.4) is 0 Å². The fourth-order valence-electron chi connectivity index (χ4n) is 5.37. The van der Waals surface area contributed by atoms with Gasteiger partial charge in [0.1, 0.15) is 0 Å². The van der Waals surface area contributed by atoms with Crippen molar-refractivity contribution in [1.82, 2.24) is 0 Å². The van der Waals surface area contributed by atoms with E-state index in [0.717, 1.165) is 0 Å². The highest BCUT2D eigenvalue weighted by Gasteiger charge is 2.02. The minimum atomic E-state index is 1.37. The Labute approximate surface area is 218 Å². The van der Waals surface area contributed by atoms with Crippen LogP contribution in [0.4, 0.5) is 0 Å². The fourth-order valence-corrected chi connectivity index (χ4v) is 5.37. The second kappa shape index (κ2) is 31.0. The van der Waals surface area contributed by atoms with Gasteiger partial charge in [0, 0.05) is 0 Å². The van der Waals surface area contributed by atoms with Crippen molar-refractivity contribution in [2.24, 2.45) is 0 Å². The molecule has 0 aromatic heterocycles. The average Bonchev–Trinajstić information content (AvgIpc) is 2.84. The van der Waals surface area contributed by atoms with E-state index in [4.69, 9.17) is 0 Å². The smallest absolute Gasteiger partial charge is 0.0768 e. The van der Waals surface area contributed by atoms with Crippen LogP contribution in [0.2, 0.25) is 0 Å². The zero-order valence-electron chi connectivity index (χ0n) is 24.7. The summed E-state index contributed by atoms with van der Waals surface area (Å²) in [5, 5.41) is 0. The Kier molecular flexibility index (Phi) is 31.0. The quantitative estimate of drug-likeness (QED) is 0.0975. The lowest BCUT2D eigenvalue weighted by atomic mass is 10.0. The van der Waals surface area contributed by atoms with Crippen LogP contribution in [-0.2, 0) is 0 Å². The number of nitrogens with one attached hydrogen (secondary N) is 1. The molecule has 0 rings (SSSR count). The van der Waals surface area contributed by atoms with Crippen molar-refractivity contribution in [3.8, 4) is 0 Å². The van der Waals surface area contributed by atoms with Crippen LogP contribution in [0.1, 0.15) is 194 Å². The maximum absolute atomic E-state index is 2.42. The first-order chi connectivity index (χ1) is 16.8. The first kappa shape index (κ1) is 34.0. The summed E-state index contributed by atoms with van der Waals surface area (Å²) in [6.07, 6.45) is 41.1. The van der Waals surface area contributed by atoms with Crippen molar-refractivity contribution >= 4 is 0 Å². The van der Waals surface area contributed by atoms with Gasteiger partial charge in [-0.1, -0.05) is 168 Å².